The number of primary sulfonamides is 1. The minimum absolute atomic E-state index is 0.152. The second-order valence-electron chi connectivity index (χ2n) is 2.44. The van der Waals surface area contributed by atoms with Crippen molar-refractivity contribution in [1.29, 1.82) is 0 Å². The first-order valence-corrected chi connectivity index (χ1v) is 4.95. The fourth-order valence-electron chi connectivity index (χ4n) is 0.954. The van der Waals surface area contributed by atoms with E-state index in [-0.39, 0.29) is 5.03 Å². The predicted octanol–water partition coefficient (Wildman–Crippen LogP) is -0.623. The molecule has 2 N–H and O–H groups in total. The first-order valence-electron chi connectivity index (χ1n) is 3.40. The monoisotopic (exact) mass is 198 g/mol. The van der Waals surface area contributed by atoms with Crippen molar-refractivity contribution in [3.63, 3.8) is 0 Å². The number of sulfonamides is 1. The summed E-state index contributed by atoms with van der Waals surface area (Å²) in [6.45, 7) is 0. The van der Waals surface area contributed by atoms with Gasteiger partial charge in [-0.2, -0.15) is 5.10 Å². The van der Waals surface area contributed by atoms with E-state index in [2.05, 4.69) is 10.1 Å². The maximum Gasteiger partial charge on any atom is 0.255 e. The Hall–Kier alpha value is -1.47. The highest BCUT2D eigenvalue weighted by atomic mass is 32.2. The Balaban J connectivity index is 2.75. The van der Waals surface area contributed by atoms with Gasteiger partial charge in [-0.15, -0.1) is 0 Å². The highest BCUT2D eigenvalue weighted by Gasteiger charge is 2.09. The van der Waals surface area contributed by atoms with Crippen LogP contribution in [-0.2, 0) is 10.0 Å². The standard InChI is InChI=1S/C6H6N4O2S/c7-13(11,12)6-2-4-10-5(9-6)1-3-8-10/h1-4H,(H2,7,11,12). The first-order chi connectivity index (χ1) is 6.07. The smallest absolute Gasteiger partial charge is 0.223 e. The van der Waals surface area contributed by atoms with Crippen LogP contribution in [0.15, 0.2) is 29.6 Å². The second-order valence-corrected chi connectivity index (χ2v) is 3.95. The molecule has 0 spiro atoms. The molecule has 0 radical (unpaired) electrons. The van der Waals surface area contributed by atoms with Gasteiger partial charge in [-0.3, -0.25) is 0 Å². The molecule has 2 aromatic heterocycles. The number of aromatic nitrogens is 3. The van der Waals surface area contributed by atoms with E-state index >= 15 is 0 Å². The number of nitrogens with two attached hydrogens (primary N) is 1. The van der Waals surface area contributed by atoms with E-state index in [1.54, 1.807) is 6.07 Å². The van der Waals surface area contributed by atoms with Gasteiger partial charge in [0.1, 0.15) is 0 Å². The lowest BCUT2D eigenvalue weighted by atomic mass is 10.6. The van der Waals surface area contributed by atoms with Crippen molar-refractivity contribution in [1.82, 2.24) is 14.6 Å². The van der Waals surface area contributed by atoms with E-state index in [1.807, 2.05) is 0 Å². The van der Waals surface area contributed by atoms with Crippen molar-refractivity contribution < 1.29 is 8.42 Å². The van der Waals surface area contributed by atoms with E-state index < -0.39 is 10.0 Å². The van der Waals surface area contributed by atoms with Crippen LogP contribution in [0, 0.1) is 0 Å². The highest BCUT2D eigenvalue weighted by molar-refractivity contribution is 7.89. The Morgan fingerprint density at radius 3 is 2.85 bits per heavy atom. The summed E-state index contributed by atoms with van der Waals surface area (Å²) in [6.07, 6.45) is 3.01. The van der Waals surface area contributed by atoms with Crippen molar-refractivity contribution in [3.05, 3.63) is 24.5 Å². The van der Waals surface area contributed by atoms with E-state index in [9.17, 15) is 8.42 Å². The van der Waals surface area contributed by atoms with Crippen molar-refractivity contribution in [2.24, 2.45) is 5.14 Å². The molecule has 0 saturated heterocycles. The van der Waals surface area contributed by atoms with E-state index in [0.717, 1.165) is 0 Å². The van der Waals surface area contributed by atoms with Gasteiger partial charge in [0.05, 0.1) is 6.20 Å². The molecule has 0 unspecified atom stereocenters. The summed E-state index contributed by atoms with van der Waals surface area (Å²) in [4.78, 5) is 3.79. The van der Waals surface area contributed by atoms with E-state index in [4.69, 9.17) is 5.14 Å². The number of nitrogens with zero attached hydrogens (tertiary/aromatic N) is 3. The SMILES string of the molecule is NS(=O)(=O)c1ccn2nccc2n1. The predicted molar refractivity (Wildman–Crippen MR) is 44.4 cm³/mol. The number of rotatable bonds is 1. The zero-order chi connectivity index (χ0) is 9.47. The summed E-state index contributed by atoms with van der Waals surface area (Å²) in [6, 6.07) is 2.89. The average Bonchev–Trinajstić information content (AvgIpc) is 2.47. The lowest BCUT2D eigenvalue weighted by Crippen LogP contribution is -2.14. The number of hydrogen-bond donors (Lipinski definition) is 1. The maximum atomic E-state index is 10.9. The first kappa shape index (κ1) is 8.14. The molecule has 0 aromatic carbocycles. The lowest BCUT2D eigenvalue weighted by molar-refractivity contribution is 0.594. The Labute approximate surface area is 74.1 Å². The largest absolute Gasteiger partial charge is 0.255 e. The van der Waals surface area contributed by atoms with E-state index in [0.29, 0.717) is 5.65 Å². The zero-order valence-electron chi connectivity index (χ0n) is 6.45. The molecule has 6 nitrogen and oxygen atoms in total. The Morgan fingerprint density at radius 1 is 1.38 bits per heavy atom. The molecular weight excluding hydrogens is 192 g/mol. The van der Waals surface area contributed by atoms with Crippen LogP contribution in [0.3, 0.4) is 0 Å². The van der Waals surface area contributed by atoms with Gasteiger partial charge in [0.25, 0.3) is 10.0 Å². The van der Waals surface area contributed by atoms with Gasteiger partial charge in [0, 0.05) is 12.3 Å². The summed E-state index contributed by atoms with van der Waals surface area (Å²) in [5.74, 6) is 0. The maximum absolute atomic E-state index is 10.9. The fourth-order valence-corrected chi connectivity index (χ4v) is 1.42. The minimum Gasteiger partial charge on any atom is -0.223 e. The van der Waals surface area contributed by atoms with Crippen LogP contribution in [0.1, 0.15) is 0 Å². The van der Waals surface area contributed by atoms with Gasteiger partial charge in [-0.25, -0.2) is 23.1 Å². The number of hydrogen-bond acceptors (Lipinski definition) is 4. The van der Waals surface area contributed by atoms with Crippen LogP contribution in [0.5, 0.6) is 0 Å². The molecule has 0 fully saturated rings. The van der Waals surface area contributed by atoms with Crippen LogP contribution in [-0.4, -0.2) is 23.0 Å². The molecule has 0 atom stereocenters. The molecule has 2 heterocycles. The zero-order valence-corrected chi connectivity index (χ0v) is 7.27. The summed E-state index contributed by atoms with van der Waals surface area (Å²) in [5, 5.41) is 8.60. The molecule has 13 heavy (non-hydrogen) atoms. The molecule has 0 aliphatic heterocycles. The molecule has 68 valence electrons. The summed E-state index contributed by atoms with van der Waals surface area (Å²) >= 11 is 0. The van der Waals surface area contributed by atoms with Crippen LogP contribution in [0.2, 0.25) is 0 Å². The second kappa shape index (κ2) is 2.51. The average molecular weight is 198 g/mol. The van der Waals surface area contributed by atoms with Gasteiger partial charge in [0.2, 0.25) is 0 Å². The molecular formula is C6H6N4O2S. The van der Waals surface area contributed by atoms with Crippen LogP contribution >= 0.6 is 0 Å². The van der Waals surface area contributed by atoms with Gasteiger partial charge in [-0.05, 0) is 6.07 Å². The summed E-state index contributed by atoms with van der Waals surface area (Å²) < 4.78 is 23.2. The lowest BCUT2D eigenvalue weighted by Gasteiger charge is -1.96. The summed E-state index contributed by atoms with van der Waals surface area (Å²) in [7, 11) is -3.72. The summed E-state index contributed by atoms with van der Waals surface area (Å²) in [5.41, 5.74) is 0.450. The van der Waals surface area contributed by atoms with Gasteiger partial charge < -0.3 is 0 Å². The third-order valence-electron chi connectivity index (χ3n) is 1.52. The van der Waals surface area contributed by atoms with Crippen LogP contribution in [0.25, 0.3) is 5.65 Å². The third-order valence-corrected chi connectivity index (χ3v) is 2.33. The van der Waals surface area contributed by atoms with Gasteiger partial charge in [-0.1, -0.05) is 0 Å². The Morgan fingerprint density at radius 2 is 2.15 bits per heavy atom. The topological polar surface area (TPSA) is 90.4 Å². The van der Waals surface area contributed by atoms with Crippen molar-refractivity contribution in [3.8, 4) is 0 Å². The third kappa shape index (κ3) is 1.38. The quantitative estimate of drug-likeness (QED) is 0.618. The normalized spacial score (nSPS) is 12.1. The molecule has 2 aromatic rings. The molecule has 0 aliphatic rings. The van der Waals surface area contributed by atoms with Crippen LogP contribution in [0.4, 0.5) is 0 Å². The fraction of sp³-hybridized carbons (Fsp3) is 0. The molecule has 0 saturated carbocycles. The minimum atomic E-state index is -3.72. The highest BCUT2D eigenvalue weighted by Crippen LogP contribution is 2.04. The molecule has 7 heteroatoms. The van der Waals surface area contributed by atoms with Crippen molar-refractivity contribution in [2.75, 3.05) is 0 Å². The van der Waals surface area contributed by atoms with Crippen molar-refractivity contribution in [2.45, 2.75) is 5.03 Å². The molecule has 0 amide bonds. The van der Waals surface area contributed by atoms with Gasteiger partial charge in [0.15, 0.2) is 10.7 Å². The van der Waals surface area contributed by atoms with Crippen molar-refractivity contribution >= 4 is 15.7 Å². The van der Waals surface area contributed by atoms with E-state index in [1.165, 1.54) is 23.0 Å². The molecule has 2 rings (SSSR count). The van der Waals surface area contributed by atoms with Crippen LogP contribution < -0.4 is 5.14 Å². The van der Waals surface area contributed by atoms with Gasteiger partial charge >= 0.3 is 0 Å². The number of fused-ring (bicyclic) bond motifs is 1. The molecule has 0 bridgehead atoms. The Kier molecular flexibility index (Phi) is 1.57. The molecule has 0 aliphatic carbocycles. The Bertz CT molecular complexity index is 545.